The number of allylic oxidation sites excluding steroid dienone is 4. The minimum Gasteiger partial charge on any atom is -0.361 e. The van der Waals surface area contributed by atoms with Crippen molar-refractivity contribution < 1.29 is 4.79 Å². The van der Waals surface area contributed by atoms with Crippen LogP contribution in [0.2, 0.25) is 0 Å². The van der Waals surface area contributed by atoms with Gasteiger partial charge in [-0.05, 0) is 56.6 Å². The average Bonchev–Trinajstić information content (AvgIpc) is 3.38. The number of hydrogen-bond donors (Lipinski definition) is 2. The molecule has 0 atom stereocenters. The van der Waals surface area contributed by atoms with E-state index in [9.17, 15) is 4.79 Å². The molecule has 0 aliphatic rings. The third kappa shape index (κ3) is 17.4. The molecular weight excluding hydrogens is 488 g/mol. The second-order valence-corrected chi connectivity index (χ2v) is 11.6. The number of carbonyl (C=O) groups excluding carboxylic acids is 1. The summed E-state index contributed by atoms with van der Waals surface area (Å²) >= 11 is 0. The molecule has 2 rings (SSSR count). The number of aromatic nitrogens is 1. The maximum absolute atomic E-state index is 12.1. The van der Waals surface area contributed by atoms with Crippen molar-refractivity contribution in [3.05, 3.63) is 60.3 Å². The zero-order valence-electron chi connectivity index (χ0n) is 25.9. The Labute approximate surface area is 246 Å². The molecule has 2 aromatic rings. The first-order valence-corrected chi connectivity index (χ1v) is 16.9. The Bertz CT molecular complexity index is 925. The van der Waals surface area contributed by atoms with E-state index in [1.165, 1.54) is 132 Å². The highest BCUT2D eigenvalue weighted by Crippen LogP contribution is 2.18. The van der Waals surface area contributed by atoms with Gasteiger partial charge >= 0.3 is 0 Å². The van der Waals surface area contributed by atoms with Gasteiger partial charge in [-0.15, -0.1) is 0 Å². The molecule has 1 aromatic heterocycles. The second kappa shape index (κ2) is 24.5. The summed E-state index contributed by atoms with van der Waals surface area (Å²) in [7, 11) is 0. The van der Waals surface area contributed by atoms with E-state index in [4.69, 9.17) is 0 Å². The Balaban J connectivity index is 1.25. The summed E-state index contributed by atoms with van der Waals surface area (Å²) in [5, 5.41) is 4.36. The molecule has 40 heavy (non-hydrogen) atoms. The number of fused-ring (bicyclic) bond motifs is 1. The Morgan fingerprint density at radius 3 is 1.88 bits per heavy atom. The lowest BCUT2D eigenvalue weighted by atomic mass is 10.0. The average molecular weight is 549 g/mol. The molecule has 0 saturated heterocycles. The molecule has 224 valence electrons. The summed E-state index contributed by atoms with van der Waals surface area (Å²) in [6.45, 7) is 2.98. The van der Waals surface area contributed by atoms with E-state index >= 15 is 0 Å². The van der Waals surface area contributed by atoms with Crippen molar-refractivity contribution in [3.63, 3.8) is 0 Å². The van der Waals surface area contributed by atoms with Crippen molar-refractivity contribution in [2.45, 2.75) is 148 Å². The van der Waals surface area contributed by atoms with Gasteiger partial charge in [0.2, 0.25) is 5.91 Å². The molecule has 3 nitrogen and oxygen atoms in total. The molecule has 0 spiro atoms. The number of carbonyl (C=O) groups is 1. The minimum atomic E-state index is 0.202. The number of hydrogen-bond acceptors (Lipinski definition) is 1. The Morgan fingerprint density at radius 2 is 1.25 bits per heavy atom. The van der Waals surface area contributed by atoms with Crippen LogP contribution in [0.25, 0.3) is 10.9 Å². The van der Waals surface area contributed by atoms with Crippen LogP contribution in [0, 0.1) is 0 Å². The van der Waals surface area contributed by atoms with E-state index in [2.05, 4.69) is 65.9 Å². The van der Waals surface area contributed by atoms with E-state index in [1.54, 1.807) is 0 Å². The molecular formula is C37H60N2O. The van der Waals surface area contributed by atoms with E-state index in [-0.39, 0.29) is 5.91 Å². The van der Waals surface area contributed by atoms with Crippen LogP contribution in [0.4, 0.5) is 0 Å². The molecule has 0 aliphatic heterocycles. The monoisotopic (exact) mass is 548 g/mol. The van der Waals surface area contributed by atoms with Crippen molar-refractivity contribution in [2.75, 3.05) is 6.54 Å². The molecule has 0 bridgehead atoms. The van der Waals surface area contributed by atoms with Crippen LogP contribution in [0.5, 0.6) is 0 Å². The van der Waals surface area contributed by atoms with Crippen molar-refractivity contribution in [3.8, 4) is 0 Å². The highest BCUT2D eigenvalue weighted by molar-refractivity contribution is 5.83. The lowest BCUT2D eigenvalue weighted by Crippen LogP contribution is -2.25. The van der Waals surface area contributed by atoms with Crippen molar-refractivity contribution in [2.24, 2.45) is 0 Å². The first kappa shape index (κ1) is 33.9. The number of amides is 1. The normalized spacial score (nSPS) is 11.8. The van der Waals surface area contributed by atoms with E-state index < -0.39 is 0 Å². The largest absolute Gasteiger partial charge is 0.361 e. The second-order valence-electron chi connectivity index (χ2n) is 11.6. The molecule has 0 saturated carbocycles. The highest BCUT2D eigenvalue weighted by Gasteiger charge is 2.05. The van der Waals surface area contributed by atoms with Crippen LogP contribution >= 0.6 is 0 Å². The molecule has 0 radical (unpaired) electrons. The summed E-state index contributed by atoms with van der Waals surface area (Å²) in [6, 6.07) is 8.35. The van der Waals surface area contributed by atoms with Gasteiger partial charge < -0.3 is 10.3 Å². The number of para-hydroxylation sites is 1. The summed E-state index contributed by atoms with van der Waals surface area (Å²) in [5.74, 6) is 0.202. The lowest BCUT2D eigenvalue weighted by molar-refractivity contribution is -0.121. The first-order chi connectivity index (χ1) is 19.8. The highest BCUT2D eigenvalue weighted by atomic mass is 16.1. The number of unbranched alkanes of at least 4 members (excludes halogenated alkanes) is 17. The predicted octanol–water partition coefficient (Wildman–Crippen LogP) is 11.2. The summed E-state index contributed by atoms with van der Waals surface area (Å²) in [6.07, 6.45) is 39.4. The molecule has 1 amide bonds. The number of rotatable bonds is 26. The van der Waals surface area contributed by atoms with E-state index in [1.807, 2.05) is 6.07 Å². The Morgan fingerprint density at radius 1 is 0.700 bits per heavy atom. The predicted molar refractivity (Wildman–Crippen MR) is 176 cm³/mol. The van der Waals surface area contributed by atoms with Crippen LogP contribution < -0.4 is 5.32 Å². The lowest BCUT2D eigenvalue weighted by Gasteiger charge is -2.05. The molecule has 0 fully saturated rings. The van der Waals surface area contributed by atoms with Gasteiger partial charge in [-0.25, -0.2) is 0 Å². The van der Waals surface area contributed by atoms with Crippen molar-refractivity contribution >= 4 is 16.8 Å². The van der Waals surface area contributed by atoms with E-state index in [0.717, 1.165) is 25.8 Å². The van der Waals surface area contributed by atoms with Crippen molar-refractivity contribution in [1.82, 2.24) is 10.3 Å². The van der Waals surface area contributed by atoms with Crippen LogP contribution in [-0.4, -0.2) is 17.4 Å². The molecule has 1 aromatic carbocycles. The fraction of sp³-hybridized carbons (Fsp3) is 0.649. The van der Waals surface area contributed by atoms with Gasteiger partial charge in [0.15, 0.2) is 0 Å². The summed E-state index contributed by atoms with van der Waals surface area (Å²) < 4.78 is 0. The van der Waals surface area contributed by atoms with Gasteiger partial charge in [-0.3, -0.25) is 4.79 Å². The van der Waals surface area contributed by atoms with Crippen LogP contribution in [-0.2, 0) is 11.2 Å². The number of nitrogens with one attached hydrogen (secondary N) is 2. The van der Waals surface area contributed by atoms with Gasteiger partial charge in [-0.1, -0.05) is 139 Å². The minimum absolute atomic E-state index is 0.202. The molecule has 2 N–H and O–H groups in total. The molecule has 0 aliphatic carbocycles. The van der Waals surface area contributed by atoms with Crippen molar-refractivity contribution in [1.29, 1.82) is 0 Å². The summed E-state index contributed by atoms with van der Waals surface area (Å²) in [5.41, 5.74) is 2.45. The van der Waals surface area contributed by atoms with Gasteiger partial charge in [0.05, 0.1) is 0 Å². The number of benzene rings is 1. The number of aromatic amines is 1. The molecule has 1 heterocycles. The third-order valence-corrected chi connectivity index (χ3v) is 8.00. The zero-order chi connectivity index (χ0) is 28.4. The fourth-order valence-electron chi connectivity index (χ4n) is 5.45. The van der Waals surface area contributed by atoms with Gasteiger partial charge in [0.25, 0.3) is 0 Å². The van der Waals surface area contributed by atoms with Crippen LogP contribution in [0.1, 0.15) is 147 Å². The summed E-state index contributed by atoms with van der Waals surface area (Å²) in [4.78, 5) is 15.4. The Hall–Kier alpha value is -2.29. The molecule has 3 heteroatoms. The van der Waals surface area contributed by atoms with Crippen LogP contribution in [0.3, 0.4) is 0 Å². The third-order valence-electron chi connectivity index (χ3n) is 8.00. The number of H-pyrrole nitrogens is 1. The van der Waals surface area contributed by atoms with Crippen LogP contribution in [0.15, 0.2) is 54.8 Å². The topological polar surface area (TPSA) is 44.9 Å². The first-order valence-electron chi connectivity index (χ1n) is 16.9. The van der Waals surface area contributed by atoms with Gasteiger partial charge in [0.1, 0.15) is 0 Å². The zero-order valence-corrected chi connectivity index (χ0v) is 25.9. The smallest absolute Gasteiger partial charge is 0.220 e. The maximum atomic E-state index is 12.1. The Kier molecular flexibility index (Phi) is 20.8. The maximum Gasteiger partial charge on any atom is 0.220 e. The fourth-order valence-corrected chi connectivity index (χ4v) is 5.45. The standard InChI is InChI=1S/C37H60N2O/c1-2-3-4-5-6-7-8-9-10-11-12-13-14-15-16-17-18-19-20-21-22-23-24-25-30-37(40)38-32-31-34-33-39-36-29-27-26-28-35(34)36/h6-7,9-10,26-29,33,39H,2-5,8,11-25,30-32H2,1H3,(H,38,40)/b7-6+,10-9+. The molecule has 0 unspecified atom stereocenters. The van der Waals surface area contributed by atoms with Gasteiger partial charge in [0, 0.05) is 30.1 Å². The quantitative estimate of drug-likeness (QED) is 0.0891. The van der Waals surface area contributed by atoms with Gasteiger partial charge in [-0.2, -0.15) is 0 Å². The SMILES string of the molecule is CCCCC/C=C/C/C=C/CCCCCCCCCCCCCCCCC(=O)NCCc1c[nH]c2ccccc12. The van der Waals surface area contributed by atoms with E-state index in [0.29, 0.717) is 6.42 Å².